The topological polar surface area (TPSA) is 67.6 Å². The van der Waals surface area contributed by atoms with Gasteiger partial charge in [-0.05, 0) is 26.0 Å². The van der Waals surface area contributed by atoms with Crippen LogP contribution in [-0.4, -0.2) is 44.7 Å². The van der Waals surface area contributed by atoms with E-state index in [0.717, 1.165) is 18.1 Å². The van der Waals surface area contributed by atoms with Gasteiger partial charge in [-0.3, -0.25) is 9.69 Å². The highest BCUT2D eigenvalue weighted by Gasteiger charge is 2.22. The van der Waals surface area contributed by atoms with E-state index in [2.05, 4.69) is 4.98 Å². The highest BCUT2D eigenvalue weighted by atomic mass is 16.5. The van der Waals surface area contributed by atoms with Crippen LogP contribution < -0.4 is 4.74 Å². The van der Waals surface area contributed by atoms with Gasteiger partial charge in [0.2, 0.25) is 0 Å². The molecule has 0 amide bonds. The van der Waals surface area contributed by atoms with E-state index in [1.165, 1.54) is 0 Å². The van der Waals surface area contributed by atoms with E-state index in [9.17, 15) is 9.90 Å². The van der Waals surface area contributed by atoms with Crippen LogP contribution in [0.3, 0.4) is 0 Å². The van der Waals surface area contributed by atoms with Gasteiger partial charge in [-0.25, -0.2) is 4.98 Å². The molecule has 6 nitrogen and oxygen atoms in total. The van der Waals surface area contributed by atoms with Gasteiger partial charge >= 0.3 is 5.97 Å². The van der Waals surface area contributed by atoms with Crippen LogP contribution >= 0.6 is 0 Å². The molecule has 1 N–H and O–H groups in total. The number of nitrogens with zero attached hydrogens (tertiary/aromatic N) is 3. The molecule has 6 heteroatoms. The van der Waals surface area contributed by atoms with Crippen molar-refractivity contribution in [2.24, 2.45) is 0 Å². The first-order chi connectivity index (χ1) is 11.1. The number of rotatable bonds is 9. The van der Waals surface area contributed by atoms with Crippen molar-refractivity contribution in [1.82, 2.24) is 14.5 Å². The van der Waals surface area contributed by atoms with E-state index in [0.29, 0.717) is 19.7 Å². The fraction of sp³-hybridized carbons (Fsp3) is 0.412. The largest absolute Gasteiger partial charge is 0.492 e. The molecule has 0 aliphatic rings. The Hall–Kier alpha value is -2.34. The fourth-order valence-electron chi connectivity index (χ4n) is 2.32. The lowest BCUT2D eigenvalue weighted by atomic mass is 10.2. The van der Waals surface area contributed by atoms with Gasteiger partial charge in [0, 0.05) is 25.5 Å². The van der Waals surface area contributed by atoms with E-state index in [1.807, 2.05) is 52.9 Å². The van der Waals surface area contributed by atoms with Crippen LogP contribution in [0.2, 0.25) is 0 Å². The van der Waals surface area contributed by atoms with Crippen molar-refractivity contribution in [2.75, 3.05) is 13.2 Å². The van der Waals surface area contributed by atoms with Crippen molar-refractivity contribution in [3.63, 3.8) is 0 Å². The molecule has 0 aliphatic carbocycles. The Morgan fingerprint density at radius 3 is 2.78 bits per heavy atom. The lowest BCUT2D eigenvalue weighted by molar-refractivity contribution is -0.143. The Labute approximate surface area is 136 Å². The first kappa shape index (κ1) is 17.0. The molecular formula is C17H23N3O3. The number of para-hydroxylation sites is 1. The van der Waals surface area contributed by atoms with Gasteiger partial charge in [0.05, 0.1) is 6.54 Å². The Balaban J connectivity index is 1.98. The van der Waals surface area contributed by atoms with Crippen molar-refractivity contribution in [1.29, 1.82) is 0 Å². The Morgan fingerprint density at radius 1 is 1.39 bits per heavy atom. The van der Waals surface area contributed by atoms with Gasteiger partial charge in [-0.1, -0.05) is 18.2 Å². The monoisotopic (exact) mass is 317 g/mol. The summed E-state index contributed by atoms with van der Waals surface area (Å²) in [5.41, 5.74) is 0. The lowest BCUT2D eigenvalue weighted by Gasteiger charge is -2.26. The van der Waals surface area contributed by atoms with Crippen LogP contribution in [0.25, 0.3) is 0 Å². The molecule has 1 unspecified atom stereocenters. The molecular weight excluding hydrogens is 294 g/mol. The summed E-state index contributed by atoms with van der Waals surface area (Å²) < 4.78 is 7.69. The van der Waals surface area contributed by atoms with Crippen molar-refractivity contribution >= 4 is 5.97 Å². The highest BCUT2D eigenvalue weighted by Crippen LogP contribution is 2.11. The summed E-state index contributed by atoms with van der Waals surface area (Å²) in [6, 6.07) is 8.91. The van der Waals surface area contributed by atoms with Crippen molar-refractivity contribution in [3.05, 3.63) is 48.5 Å². The second-order valence-electron chi connectivity index (χ2n) is 5.28. The first-order valence-corrected chi connectivity index (χ1v) is 7.76. The molecule has 1 aromatic carbocycles. The number of imidazole rings is 1. The summed E-state index contributed by atoms with van der Waals surface area (Å²) in [6.07, 6.45) is 3.64. The third-order valence-electron chi connectivity index (χ3n) is 3.78. The van der Waals surface area contributed by atoms with Crippen molar-refractivity contribution in [2.45, 2.75) is 33.0 Å². The van der Waals surface area contributed by atoms with Gasteiger partial charge in [0.1, 0.15) is 24.2 Å². The number of benzene rings is 1. The number of hydrogen-bond donors (Lipinski definition) is 1. The summed E-state index contributed by atoms with van der Waals surface area (Å²) in [5.74, 6) is 0.796. The van der Waals surface area contributed by atoms with Crippen LogP contribution in [-0.2, 0) is 17.9 Å². The Morgan fingerprint density at radius 2 is 2.13 bits per heavy atom. The van der Waals surface area contributed by atoms with Crippen molar-refractivity contribution < 1.29 is 14.6 Å². The smallest absolute Gasteiger partial charge is 0.320 e. The number of hydrogen-bond acceptors (Lipinski definition) is 4. The van der Waals surface area contributed by atoms with Gasteiger partial charge < -0.3 is 14.4 Å². The summed E-state index contributed by atoms with van der Waals surface area (Å²) >= 11 is 0. The number of aryl methyl sites for hydroxylation is 1. The molecule has 0 saturated carbocycles. The molecule has 1 atom stereocenters. The maximum absolute atomic E-state index is 11.3. The predicted molar refractivity (Wildman–Crippen MR) is 87.3 cm³/mol. The molecule has 1 aromatic heterocycles. The van der Waals surface area contributed by atoms with Gasteiger partial charge in [-0.15, -0.1) is 0 Å². The SMILES string of the molecule is CCn1ccnc1CN(CCOc1ccccc1)C(C)C(=O)O. The molecule has 0 fully saturated rings. The lowest BCUT2D eigenvalue weighted by Crippen LogP contribution is -2.41. The normalized spacial score (nSPS) is 12.3. The number of aliphatic carboxylic acids is 1. The standard InChI is InChI=1S/C17H23N3O3/c1-3-19-10-9-18-16(19)13-20(14(2)17(21)22)11-12-23-15-7-5-4-6-8-15/h4-10,14H,3,11-13H2,1-2H3,(H,21,22). The Kier molecular flexibility index (Phi) is 6.17. The minimum absolute atomic E-state index is 0.425. The molecule has 0 radical (unpaired) electrons. The summed E-state index contributed by atoms with van der Waals surface area (Å²) in [4.78, 5) is 17.5. The zero-order chi connectivity index (χ0) is 16.7. The van der Waals surface area contributed by atoms with E-state index in [-0.39, 0.29) is 0 Å². The van der Waals surface area contributed by atoms with E-state index in [4.69, 9.17) is 4.74 Å². The number of carboxylic acid groups (broad SMARTS) is 1. The maximum Gasteiger partial charge on any atom is 0.320 e. The first-order valence-electron chi connectivity index (χ1n) is 7.76. The second-order valence-corrected chi connectivity index (χ2v) is 5.28. The number of carbonyl (C=O) groups is 1. The third kappa shape index (κ3) is 4.82. The summed E-state index contributed by atoms with van der Waals surface area (Å²) in [5, 5.41) is 9.31. The predicted octanol–water partition coefficient (Wildman–Crippen LogP) is 2.26. The molecule has 2 rings (SSSR count). The zero-order valence-corrected chi connectivity index (χ0v) is 13.6. The number of carboxylic acids is 1. The van der Waals surface area contributed by atoms with Crippen LogP contribution in [0.5, 0.6) is 5.75 Å². The number of ether oxygens (including phenoxy) is 1. The van der Waals surface area contributed by atoms with Crippen LogP contribution in [0, 0.1) is 0 Å². The molecule has 124 valence electrons. The molecule has 0 spiro atoms. The second kappa shape index (κ2) is 8.33. The quantitative estimate of drug-likeness (QED) is 0.768. The van der Waals surface area contributed by atoms with Crippen LogP contribution in [0.4, 0.5) is 0 Å². The summed E-state index contributed by atoms with van der Waals surface area (Å²) in [7, 11) is 0. The number of aromatic nitrogens is 2. The van der Waals surface area contributed by atoms with Gasteiger partial charge in [-0.2, -0.15) is 0 Å². The fourth-order valence-corrected chi connectivity index (χ4v) is 2.32. The van der Waals surface area contributed by atoms with E-state index < -0.39 is 12.0 Å². The average molecular weight is 317 g/mol. The highest BCUT2D eigenvalue weighted by molar-refractivity contribution is 5.72. The van der Waals surface area contributed by atoms with Crippen LogP contribution in [0.1, 0.15) is 19.7 Å². The molecule has 23 heavy (non-hydrogen) atoms. The zero-order valence-electron chi connectivity index (χ0n) is 13.6. The van der Waals surface area contributed by atoms with Crippen molar-refractivity contribution in [3.8, 4) is 5.75 Å². The molecule has 0 bridgehead atoms. The average Bonchev–Trinajstić information content (AvgIpc) is 3.01. The van der Waals surface area contributed by atoms with Crippen LogP contribution in [0.15, 0.2) is 42.7 Å². The van der Waals surface area contributed by atoms with E-state index >= 15 is 0 Å². The molecule has 1 heterocycles. The maximum atomic E-state index is 11.3. The molecule has 0 aliphatic heterocycles. The van der Waals surface area contributed by atoms with E-state index in [1.54, 1.807) is 13.1 Å². The minimum atomic E-state index is -0.848. The minimum Gasteiger partial charge on any atom is -0.492 e. The third-order valence-corrected chi connectivity index (χ3v) is 3.78. The van der Waals surface area contributed by atoms with Gasteiger partial charge in [0.15, 0.2) is 0 Å². The Bertz CT molecular complexity index is 613. The molecule has 0 saturated heterocycles. The molecule has 2 aromatic rings. The van der Waals surface area contributed by atoms with Gasteiger partial charge in [0.25, 0.3) is 0 Å². The summed E-state index contributed by atoms with van der Waals surface area (Å²) in [6.45, 7) is 5.95.